The van der Waals surface area contributed by atoms with Gasteiger partial charge in [-0.2, -0.15) is 5.10 Å². The Morgan fingerprint density at radius 2 is 1.97 bits per heavy atom. The zero-order chi connectivity index (χ0) is 22.1. The van der Waals surface area contributed by atoms with Crippen molar-refractivity contribution in [2.75, 3.05) is 19.7 Å². The summed E-state index contributed by atoms with van der Waals surface area (Å²) in [6.45, 7) is 6.12. The highest BCUT2D eigenvalue weighted by atomic mass is 16.5. The van der Waals surface area contributed by atoms with E-state index < -0.39 is 0 Å². The molecule has 0 radical (unpaired) electrons. The number of imidazole rings is 1. The van der Waals surface area contributed by atoms with Crippen LogP contribution in [0.25, 0.3) is 5.65 Å². The maximum absolute atomic E-state index is 12.7. The first-order valence-corrected chi connectivity index (χ1v) is 10.9. The fraction of sp³-hybridized carbons (Fsp3) is 0.333. The highest BCUT2D eigenvalue weighted by Gasteiger charge is 2.30. The van der Waals surface area contributed by atoms with Gasteiger partial charge in [0.15, 0.2) is 12.3 Å². The van der Waals surface area contributed by atoms with Crippen LogP contribution in [0.4, 0.5) is 0 Å². The summed E-state index contributed by atoms with van der Waals surface area (Å²) in [7, 11) is 0. The molecule has 1 aliphatic heterocycles. The van der Waals surface area contributed by atoms with Crippen molar-refractivity contribution < 1.29 is 9.53 Å². The highest BCUT2D eigenvalue weighted by Crippen LogP contribution is 2.29. The van der Waals surface area contributed by atoms with Gasteiger partial charge in [-0.05, 0) is 38.5 Å². The summed E-state index contributed by atoms with van der Waals surface area (Å²) in [6, 6.07) is 11.5. The third kappa shape index (κ3) is 3.84. The summed E-state index contributed by atoms with van der Waals surface area (Å²) >= 11 is 0. The molecule has 1 atom stereocenters. The van der Waals surface area contributed by atoms with E-state index in [9.17, 15) is 4.79 Å². The van der Waals surface area contributed by atoms with Crippen molar-refractivity contribution >= 4 is 11.6 Å². The number of carbonyl (C=O) groups is 1. The first-order chi connectivity index (χ1) is 15.6. The van der Waals surface area contributed by atoms with Crippen molar-refractivity contribution in [3.05, 3.63) is 77.8 Å². The molecule has 5 rings (SSSR count). The minimum atomic E-state index is 0.00886. The number of nitrogens with zero attached hydrogens (tertiary/aromatic N) is 6. The summed E-state index contributed by atoms with van der Waals surface area (Å²) < 4.78 is 9.70. The predicted molar refractivity (Wildman–Crippen MR) is 120 cm³/mol. The first-order valence-electron chi connectivity index (χ1n) is 10.9. The third-order valence-electron chi connectivity index (χ3n) is 6.16. The molecule has 0 bridgehead atoms. The lowest BCUT2D eigenvalue weighted by Crippen LogP contribution is -2.33. The molecule has 0 spiro atoms. The van der Waals surface area contributed by atoms with E-state index in [1.807, 2.05) is 72.1 Å². The largest absolute Gasteiger partial charge is 0.484 e. The molecule has 164 valence electrons. The number of aromatic nitrogens is 5. The molecule has 0 aliphatic carbocycles. The molecule has 0 N–H and O–H groups in total. The Morgan fingerprint density at radius 3 is 2.75 bits per heavy atom. The highest BCUT2D eigenvalue weighted by molar-refractivity contribution is 5.78. The van der Waals surface area contributed by atoms with Crippen molar-refractivity contribution in [3.8, 4) is 5.75 Å². The van der Waals surface area contributed by atoms with Gasteiger partial charge in [0.25, 0.3) is 5.91 Å². The van der Waals surface area contributed by atoms with Crippen LogP contribution in [0.5, 0.6) is 5.75 Å². The molecule has 4 heterocycles. The summed E-state index contributed by atoms with van der Waals surface area (Å²) in [6.07, 6.45) is 6.52. The van der Waals surface area contributed by atoms with Gasteiger partial charge in [0.05, 0.1) is 17.9 Å². The van der Waals surface area contributed by atoms with Crippen LogP contribution in [-0.4, -0.2) is 54.7 Å². The Hall–Kier alpha value is -3.68. The molecule has 1 fully saturated rings. The number of carbonyl (C=O) groups excluding carboxylic acids is 1. The van der Waals surface area contributed by atoms with Crippen molar-refractivity contribution in [2.45, 2.75) is 32.7 Å². The Kier molecular flexibility index (Phi) is 5.34. The number of rotatable bonds is 6. The standard InChI is InChI=1S/C24H26N6O2/c1-17-21(15-28-13-11-25-18(28)2)24-26-10-8-22(30(24)27-17)19-9-12-29(14-19)23(31)16-32-20-6-4-3-5-7-20/h3-8,10-11,13,19H,9,12,14-16H2,1-2H3. The van der Waals surface area contributed by atoms with E-state index >= 15 is 0 Å². The van der Waals surface area contributed by atoms with Gasteiger partial charge < -0.3 is 14.2 Å². The second kappa shape index (κ2) is 8.45. The number of hydrogen-bond donors (Lipinski definition) is 0. The van der Waals surface area contributed by atoms with E-state index in [-0.39, 0.29) is 18.4 Å². The number of benzene rings is 1. The predicted octanol–water partition coefficient (Wildman–Crippen LogP) is 2.99. The van der Waals surface area contributed by atoms with E-state index in [4.69, 9.17) is 9.84 Å². The third-order valence-corrected chi connectivity index (χ3v) is 6.16. The van der Waals surface area contributed by atoms with Crippen molar-refractivity contribution in [1.82, 2.24) is 29.0 Å². The zero-order valence-electron chi connectivity index (χ0n) is 18.3. The van der Waals surface area contributed by atoms with Crippen LogP contribution in [0.1, 0.15) is 35.1 Å². The topological polar surface area (TPSA) is 77.5 Å². The van der Waals surface area contributed by atoms with Crippen LogP contribution < -0.4 is 4.74 Å². The van der Waals surface area contributed by atoms with Gasteiger partial charge in [-0.15, -0.1) is 0 Å². The second-order valence-corrected chi connectivity index (χ2v) is 8.20. The van der Waals surface area contributed by atoms with Gasteiger partial charge in [-0.1, -0.05) is 18.2 Å². The average Bonchev–Trinajstić information content (AvgIpc) is 3.53. The minimum absolute atomic E-state index is 0.00886. The number of fused-ring (bicyclic) bond motifs is 1. The number of hydrogen-bond acceptors (Lipinski definition) is 5. The summed E-state index contributed by atoms with van der Waals surface area (Å²) in [4.78, 5) is 23.5. The molecule has 1 amide bonds. The lowest BCUT2D eigenvalue weighted by atomic mass is 10.0. The number of amides is 1. The molecule has 4 aromatic rings. The van der Waals surface area contributed by atoms with Crippen molar-refractivity contribution in [1.29, 1.82) is 0 Å². The second-order valence-electron chi connectivity index (χ2n) is 8.20. The van der Waals surface area contributed by atoms with Crippen LogP contribution in [0.3, 0.4) is 0 Å². The van der Waals surface area contributed by atoms with Crippen molar-refractivity contribution in [3.63, 3.8) is 0 Å². The molecule has 1 saturated heterocycles. The average molecular weight is 431 g/mol. The van der Waals surface area contributed by atoms with Crippen LogP contribution in [0.2, 0.25) is 0 Å². The van der Waals surface area contributed by atoms with E-state index in [2.05, 4.69) is 14.5 Å². The molecule has 8 heteroatoms. The SMILES string of the molecule is Cc1nn2c(C3CCN(C(=O)COc4ccccc4)C3)ccnc2c1Cn1ccnc1C. The Labute approximate surface area is 186 Å². The molecule has 3 aromatic heterocycles. The number of likely N-dealkylation sites (tertiary alicyclic amines) is 1. The summed E-state index contributed by atoms with van der Waals surface area (Å²) in [5.41, 5.74) is 4.01. The van der Waals surface area contributed by atoms with Crippen LogP contribution >= 0.6 is 0 Å². The molecule has 1 unspecified atom stereocenters. The normalized spacial score (nSPS) is 16.1. The first kappa shape index (κ1) is 20.2. The lowest BCUT2D eigenvalue weighted by molar-refractivity contribution is -0.132. The molecule has 0 saturated carbocycles. The van der Waals surface area contributed by atoms with Gasteiger partial charge in [0.2, 0.25) is 0 Å². The summed E-state index contributed by atoms with van der Waals surface area (Å²) in [5, 5.41) is 4.81. The van der Waals surface area contributed by atoms with Crippen LogP contribution in [-0.2, 0) is 11.3 Å². The van der Waals surface area contributed by atoms with E-state index in [1.165, 1.54) is 0 Å². The van der Waals surface area contributed by atoms with Gasteiger partial charge in [0, 0.05) is 43.2 Å². The van der Waals surface area contributed by atoms with Crippen molar-refractivity contribution in [2.24, 2.45) is 0 Å². The van der Waals surface area contributed by atoms with Gasteiger partial charge in [-0.25, -0.2) is 14.5 Å². The van der Waals surface area contributed by atoms with Crippen LogP contribution in [0, 0.1) is 13.8 Å². The Balaban J connectivity index is 1.32. The van der Waals surface area contributed by atoms with E-state index in [1.54, 1.807) is 6.20 Å². The minimum Gasteiger partial charge on any atom is -0.484 e. The Bertz CT molecular complexity index is 1250. The molecule has 8 nitrogen and oxygen atoms in total. The smallest absolute Gasteiger partial charge is 0.260 e. The van der Waals surface area contributed by atoms with Crippen LogP contribution in [0.15, 0.2) is 55.0 Å². The fourth-order valence-electron chi connectivity index (χ4n) is 4.33. The quantitative estimate of drug-likeness (QED) is 0.470. The van der Waals surface area contributed by atoms with Gasteiger partial charge >= 0.3 is 0 Å². The molecular formula is C24H26N6O2. The summed E-state index contributed by atoms with van der Waals surface area (Å²) in [5.74, 6) is 1.89. The zero-order valence-corrected chi connectivity index (χ0v) is 18.3. The number of ether oxygens (including phenoxy) is 1. The number of aryl methyl sites for hydroxylation is 2. The molecule has 1 aromatic carbocycles. The maximum Gasteiger partial charge on any atom is 0.260 e. The lowest BCUT2D eigenvalue weighted by Gasteiger charge is -2.17. The number of para-hydroxylation sites is 1. The van der Waals surface area contributed by atoms with Gasteiger partial charge in [0.1, 0.15) is 11.6 Å². The van der Waals surface area contributed by atoms with E-state index in [0.717, 1.165) is 34.8 Å². The monoisotopic (exact) mass is 430 g/mol. The maximum atomic E-state index is 12.7. The molecule has 1 aliphatic rings. The molecular weight excluding hydrogens is 404 g/mol. The van der Waals surface area contributed by atoms with E-state index in [0.29, 0.717) is 25.4 Å². The Morgan fingerprint density at radius 1 is 1.12 bits per heavy atom. The fourth-order valence-corrected chi connectivity index (χ4v) is 4.33. The molecule has 32 heavy (non-hydrogen) atoms. The van der Waals surface area contributed by atoms with Gasteiger partial charge in [-0.3, -0.25) is 4.79 Å².